The number of anilines is 2. The third kappa shape index (κ3) is 2.21. The van der Waals surface area contributed by atoms with Crippen LogP contribution in [0.25, 0.3) is 0 Å². The Morgan fingerprint density at radius 2 is 2.25 bits per heavy atom. The summed E-state index contributed by atoms with van der Waals surface area (Å²) >= 11 is 0. The number of carbonyl (C=O) groups excluding carboxylic acids is 1. The van der Waals surface area contributed by atoms with Crippen LogP contribution < -0.4 is 16.4 Å². The van der Waals surface area contributed by atoms with Gasteiger partial charge in [-0.25, -0.2) is 0 Å². The Kier molecular flexibility index (Phi) is 2.89. The first-order chi connectivity index (χ1) is 7.66. The Labute approximate surface area is 93.6 Å². The highest BCUT2D eigenvalue weighted by Gasteiger charge is 2.24. The first-order valence-corrected chi connectivity index (χ1v) is 5.30. The number of primary amides is 1. The van der Waals surface area contributed by atoms with Crippen LogP contribution in [-0.2, 0) is 4.79 Å². The normalized spacial score (nSPS) is 20.8. The van der Waals surface area contributed by atoms with Gasteiger partial charge in [0.25, 0.3) is 0 Å². The Morgan fingerprint density at radius 3 is 2.88 bits per heavy atom. The SMILES string of the molecule is NC(=O)C1CCCN(c2ccc(N)nn2)C1. The summed E-state index contributed by atoms with van der Waals surface area (Å²) in [6, 6.07) is 3.52. The van der Waals surface area contributed by atoms with Crippen LogP contribution in [0.15, 0.2) is 12.1 Å². The Hall–Kier alpha value is -1.85. The van der Waals surface area contributed by atoms with Gasteiger partial charge in [-0.05, 0) is 25.0 Å². The van der Waals surface area contributed by atoms with E-state index in [1.807, 2.05) is 11.0 Å². The molecular weight excluding hydrogens is 206 g/mol. The van der Waals surface area contributed by atoms with Crippen LogP contribution in [0.2, 0.25) is 0 Å². The third-order valence-electron chi connectivity index (χ3n) is 2.82. The number of nitrogen functional groups attached to an aromatic ring is 1. The Morgan fingerprint density at radius 1 is 1.44 bits per heavy atom. The number of hydrogen-bond donors (Lipinski definition) is 2. The molecule has 1 aromatic heterocycles. The third-order valence-corrected chi connectivity index (χ3v) is 2.82. The second-order valence-electron chi connectivity index (χ2n) is 4.00. The lowest BCUT2D eigenvalue weighted by molar-refractivity contribution is -0.122. The summed E-state index contributed by atoms with van der Waals surface area (Å²) in [6.07, 6.45) is 1.80. The molecule has 4 N–H and O–H groups in total. The number of nitrogens with zero attached hydrogens (tertiary/aromatic N) is 3. The summed E-state index contributed by atoms with van der Waals surface area (Å²) < 4.78 is 0. The van der Waals surface area contributed by atoms with Gasteiger partial charge < -0.3 is 16.4 Å². The lowest BCUT2D eigenvalue weighted by Crippen LogP contribution is -2.41. The van der Waals surface area contributed by atoms with Crippen molar-refractivity contribution in [3.63, 3.8) is 0 Å². The van der Waals surface area contributed by atoms with Gasteiger partial charge >= 0.3 is 0 Å². The van der Waals surface area contributed by atoms with Gasteiger partial charge in [-0.3, -0.25) is 4.79 Å². The summed E-state index contributed by atoms with van der Waals surface area (Å²) in [5.74, 6) is 0.813. The number of hydrogen-bond acceptors (Lipinski definition) is 5. The van der Waals surface area contributed by atoms with Gasteiger partial charge in [-0.2, -0.15) is 0 Å². The summed E-state index contributed by atoms with van der Waals surface area (Å²) in [6.45, 7) is 1.50. The van der Waals surface area contributed by atoms with E-state index in [0.717, 1.165) is 25.2 Å². The van der Waals surface area contributed by atoms with Crippen molar-refractivity contribution in [1.29, 1.82) is 0 Å². The predicted molar refractivity (Wildman–Crippen MR) is 60.6 cm³/mol. The molecule has 0 radical (unpaired) electrons. The van der Waals surface area contributed by atoms with Crippen LogP contribution in [0.1, 0.15) is 12.8 Å². The standard InChI is InChI=1S/C10H15N5O/c11-8-3-4-9(14-13-8)15-5-1-2-7(6-15)10(12)16/h3-4,7H,1-2,5-6H2,(H2,11,13)(H2,12,16). The van der Waals surface area contributed by atoms with Crippen molar-refractivity contribution in [3.8, 4) is 0 Å². The molecule has 1 aromatic rings. The highest BCUT2D eigenvalue weighted by molar-refractivity contribution is 5.77. The van der Waals surface area contributed by atoms with Crippen molar-refractivity contribution in [2.75, 3.05) is 23.7 Å². The van der Waals surface area contributed by atoms with Gasteiger partial charge in [0.05, 0.1) is 5.92 Å². The topological polar surface area (TPSA) is 98.1 Å². The molecule has 16 heavy (non-hydrogen) atoms. The molecule has 1 atom stereocenters. The van der Waals surface area contributed by atoms with Gasteiger partial charge in [0.2, 0.25) is 5.91 Å². The molecule has 2 heterocycles. The van der Waals surface area contributed by atoms with Crippen molar-refractivity contribution < 1.29 is 4.79 Å². The van der Waals surface area contributed by atoms with Crippen molar-refractivity contribution in [2.45, 2.75) is 12.8 Å². The molecule has 6 nitrogen and oxygen atoms in total. The van der Waals surface area contributed by atoms with Crippen molar-refractivity contribution >= 4 is 17.5 Å². The van der Waals surface area contributed by atoms with Crippen molar-refractivity contribution in [1.82, 2.24) is 10.2 Å². The van der Waals surface area contributed by atoms with Crippen LogP contribution in [0.3, 0.4) is 0 Å². The van der Waals surface area contributed by atoms with E-state index in [4.69, 9.17) is 11.5 Å². The van der Waals surface area contributed by atoms with E-state index in [0.29, 0.717) is 12.4 Å². The molecule has 1 fully saturated rings. The molecule has 1 amide bonds. The molecule has 0 aliphatic carbocycles. The molecule has 1 unspecified atom stereocenters. The minimum Gasteiger partial charge on any atom is -0.382 e. The molecule has 2 rings (SSSR count). The predicted octanol–water partition coefficient (Wildman–Crippen LogP) is -0.240. The van der Waals surface area contributed by atoms with E-state index in [1.54, 1.807) is 6.07 Å². The number of rotatable bonds is 2. The van der Waals surface area contributed by atoms with Gasteiger partial charge in [-0.1, -0.05) is 0 Å². The number of piperidine rings is 1. The maximum Gasteiger partial charge on any atom is 0.222 e. The first kappa shape index (κ1) is 10.7. The van der Waals surface area contributed by atoms with Crippen molar-refractivity contribution in [3.05, 3.63) is 12.1 Å². The van der Waals surface area contributed by atoms with Crippen LogP contribution in [-0.4, -0.2) is 29.2 Å². The molecule has 1 aliphatic rings. The van der Waals surface area contributed by atoms with Gasteiger partial charge in [0.15, 0.2) is 5.82 Å². The lowest BCUT2D eigenvalue weighted by atomic mass is 9.97. The smallest absolute Gasteiger partial charge is 0.222 e. The molecule has 1 saturated heterocycles. The molecule has 0 saturated carbocycles. The quantitative estimate of drug-likeness (QED) is 0.718. The Bertz CT molecular complexity index is 377. The largest absolute Gasteiger partial charge is 0.382 e. The molecule has 0 aromatic carbocycles. The highest BCUT2D eigenvalue weighted by atomic mass is 16.1. The van der Waals surface area contributed by atoms with E-state index >= 15 is 0 Å². The van der Waals surface area contributed by atoms with Crippen molar-refractivity contribution in [2.24, 2.45) is 11.7 Å². The van der Waals surface area contributed by atoms with Crippen LogP contribution in [0, 0.1) is 5.92 Å². The second kappa shape index (κ2) is 4.34. The zero-order chi connectivity index (χ0) is 11.5. The average molecular weight is 221 g/mol. The van der Waals surface area contributed by atoms with E-state index in [2.05, 4.69) is 10.2 Å². The van der Waals surface area contributed by atoms with Gasteiger partial charge in [0, 0.05) is 13.1 Å². The fourth-order valence-electron chi connectivity index (χ4n) is 1.92. The van der Waals surface area contributed by atoms with E-state index in [-0.39, 0.29) is 11.8 Å². The van der Waals surface area contributed by atoms with Crippen LogP contribution >= 0.6 is 0 Å². The van der Waals surface area contributed by atoms with Crippen LogP contribution in [0.5, 0.6) is 0 Å². The van der Waals surface area contributed by atoms with Gasteiger partial charge in [-0.15, -0.1) is 10.2 Å². The van der Waals surface area contributed by atoms with E-state index in [9.17, 15) is 4.79 Å². The molecule has 0 bridgehead atoms. The zero-order valence-electron chi connectivity index (χ0n) is 8.97. The minimum absolute atomic E-state index is 0.0897. The number of carbonyl (C=O) groups is 1. The number of amides is 1. The second-order valence-corrected chi connectivity index (χ2v) is 4.00. The highest BCUT2D eigenvalue weighted by Crippen LogP contribution is 2.20. The maximum absolute atomic E-state index is 11.1. The number of nitrogens with two attached hydrogens (primary N) is 2. The summed E-state index contributed by atoms with van der Waals surface area (Å²) in [7, 11) is 0. The summed E-state index contributed by atoms with van der Waals surface area (Å²) in [5.41, 5.74) is 10.8. The molecular formula is C10H15N5O. The van der Waals surface area contributed by atoms with E-state index in [1.165, 1.54) is 0 Å². The summed E-state index contributed by atoms with van der Waals surface area (Å²) in [5, 5.41) is 7.79. The maximum atomic E-state index is 11.1. The van der Waals surface area contributed by atoms with E-state index < -0.39 is 0 Å². The van der Waals surface area contributed by atoms with Gasteiger partial charge in [0.1, 0.15) is 5.82 Å². The first-order valence-electron chi connectivity index (χ1n) is 5.30. The molecule has 1 aliphatic heterocycles. The lowest BCUT2D eigenvalue weighted by Gasteiger charge is -2.31. The minimum atomic E-state index is -0.242. The van der Waals surface area contributed by atoms with Crippen LogP contribution in [0.4, 0.5) is 11.6 Å². The fraction of sp³-hybridized carbons (Fsp3) is 0.500. The monoisotopic (exact) mass is 221 g/mol. The summed E-state index contributed by atoms with van der Waals surface area (Å²) in [4.78, 5) is 13.1. The zero-order valence-corrected chi connectivity index (χ0v) is 8.97. The molecule has 0 spiro atoms. The average Bonchev–Trinajstić information content (AvgIpc) is 2.30. The number of aromatic nitrogens is 2. The Balaban J connectivity index is 2.09. The molecule has 86 valence electrons. The fourth-order valence-corrected chi connectivity index (χ4v) is 1.92. The molecule has 6 heteroatoms.